The molecule has 0 aromatic heterocycles. The molecule has 0 fully saturated rings. The van der Waals surface area contributed by atoms with Gasteiger partial charge in [0.2, 0.25) is 5.91 Å². The van der Waals surface area contributed by atoms with E-state index >= 15 is 0 Å². The maximum atomic E-state index is 10.7. The van der Waals surface area contributed by atoms with Gasteiger partial charge in [-0.1, -0.05) is 24.3 Å². The number of benzene rings is 1. The Kier molecular flexibility index (Phi) is 4.82. The van der Waals surface area contributed by atoms with Crippen LogP contribution in [0.4, 0.5) is 0 Å². The third kappa shape index (κ3) is 3.83. The zero-order valence-electron chi connectivity index (χ0n) is 9.61. The molecule has 6 heteroatoms. The van der Waals surface area contributed by atoms with Crippen molar-refractivity contribution in [2.45, 2.75) is 25.0 Å². The van der Waals surface area contributed by atoms with E-state index in [4.69, 9.17) is 10.8 Å². The van der Waals surface area contributed by atoms with Crippen LogP contribution in [0.25, 0.3) is 0 Å². The SMILES string of the molecule is NC(=O)C(O)C(O)c1cccc(CCC(=O)O)c1. The molecule has 0 bridgehead atoms. The number of nitrogens with two attached hydrogens (primary N) is 1. The third-order valence-corrected chi connectivity index (χ3v) is 2.51. The minimum absolute atomic E-state index is 0.0298. The van der Waals surface area contributed by atoms with Gasteiger partial charge in [0.25, 0.3) is 0 Å². The molecule has 2 unspecified atom stereocenters. The van der Waals surface area contributed by atoms with Crippen molar-refractivity contribution in [1.29, 1.82) is 0 Å². The van der Waals surface area contributed by atoms with Gasteiger partial charge in [-0.3, -0.25) is 9.59 Å². The molecular formula is C12H15NO5. The fourth-order valence-electron chi connectivity index (χ4n) is 1.52. The topological polar surface area (TPSA) is 121 Å². The van der Waals surface area contributed by atoms with Gasteiger partial charge in [-0.05, 0) is 17.5 Å². The molecule has 1 amide bonds. The van der Waals surface area contributed by atoms with Crippen LogP contribution in [0, 0.1) is 0 Å². The molecule has 18 heavy (non-hydrogen) atoms. The summed E-state index contributed by atoms with van der Waals surface area (Å²) in [6, 6.07) is 6.39. The number of hydrogen-bond donors (Lipinski definition) is 4. The van der Waals surface area contributed by atoms with E-state index in [0.29, 0.717) is 17.5 Å². The van der Waals surface area contributed by atoms with Crippen molar-refractivity contribution in [3.8, 4) is 0 Å². The molecule has 2 atom stereocenters. The summed E-state index contributed by atoms with van der Waals surface area (Å²) >= 11 is 0. The Morgan fingerprint density at radius 2 is 1.94 bits per heavy atom. The van der Waals surface area contributed by atoms with Gasteiger partial charge in [0.15, 0.2) is 6.10 Å². The van der Waals surface area contributed by atoms with Crippen molar-refractivity contribution in [2.24, 2.45) is 5.73 Å². The van der Waals surface area contributed by atoms with E-state index in [0.717, 1.165) is 0 Å². The van der Waals surface area contributed by atoms with Crippen molar-refractivity contribution in [3.05, 3.63) is 35.4 Å². The first-order chi connectivity index (χ1) is 8.41. The fraction of sp³-hybridized carbons (Fsp3) is 0.333. The lowest BCUT2D eigenvalue weighted by atomic mass is 10.00. The number of hydrogen-bond acceptors (Lipinski definition) is 4. The fourth-order valence-corrected chi connectivity index (χ4v) is 1.52. The van der Waals surface area contributed by atoms with Crippen LogP contribution in [0.15, 0.2) is 24.3 Å². The highest BCUT2D eigenvalue weighted by molar-refractivity contribution is 5.79. The second-order valence-electron chi connectivity index (χ2n) is 3.93. The highest BCUT2D eigenvalue weighted by Crippen LogP contribution is 2.18. The van der Waals surface area contributed by atoms with E-state index in [1.54, 1.807) is 18.2 Å². The van der Waals surface area contributed by atoms with Crippen LogP contribution in [-0.2, 0) is 16.0 Å². The molecule has 0 heterocycles. The molecule has 0 radical (unpaired) electrons. The maximum absolute atomic E-state index is 10.7. The average molecular weight is 253 g/mol. The van der Waals surface area contributed by atoms with Crippen LogP contribution in [0.3, 0.4) is 0 Å². The quantitative estimate of drug-likeness (QED) is 0.549. The van der Waals surface area contributed by atoms with Gasteiger partial charge in [-0.25, -0.2) is 0 Å². The second kappa shape index (κ2) is 6.13. The maximum Gasteiger partial charge on any atom is 0.303 e. The highest BCUT2D eigenvalue weighted by Gasteiger charge is 2.23. The number of aliphatic hydroxyl groups excluding tert-OH is 2. The minimum atomic E-state index is -1.68. The van der Waals surface area contributed by atoms with Crippen molar-refractivity contribution in [1.82, 2.24) is 0 Å². The first-order valence-electron chi connectivity index (χ1n) is 5.38. The van der Waals surface area contributed by atoms with Crippen molar-refractivity contribution >= 4 is 11.9 Å². The number of amides is 1. The van der Waals surface area contributed by atoms with Crippen LogP contribution >= 0.6 is 0 Å². The van der Waals surface area contributed by atoms with Gasteiger partial charge in [0.05, 0.1) is 0 Å². The first kappa shape index (κ1) is 14.1. The number of rotatable bonds is 6. The largest absolute Gasteiger partial charge is 0.481 e. The summed E-state index contributed by atoms with van der Waals surface area (Å²) in [6.45, 7) is 0. The van der Waals surface area contributed by atoms with Crippen LogP contribution in [0.5, 0.6) is 0 Å². The van der Waals surface area contributed by atoms with Gasteiger partial charge in [0, 0.05) is 6.42 Å². The zero-order valence-corrected chi connectivity index (χ0v) is 9.61. The predicted molar refractivity (Wildman–Crippen MR) is 62.6 cm³/mol. The summed E-state index contributed by atoms with van der Waals surface area (Å²) in [5.74, 6) is -1.93. The van der Waals surface area contributed by atoms with Gasteiger partial charge in [0.1, 0.15) is 6.10 Å². The molecule has 0 saturated carbocycles. The second-order valence-corrected chi connectivity index (χ2v) is 3.93. The minimum Gasteiger partial charge on any atom is -0.481 e. The lowest BCUT2D eigenvalue weighted by Gasteiger charge is -2.15. The number of primary amides is 1. The molecule has 6 nitrogen and oxygen atoms in total. The van der Waals surface area contributed by atoms with E-state index in [9.17, 15) is 19.8 Å². The van der Waals surface area contributed by atoms with Crippen molar-refractivity contribution < 1.29 is 24.9 Å². The molecule has 5 N–H and O–H groups in total. The zero-order chi connectivity index (χ0) is 13.7. The Bertz CT molecular complexity index is 446. The molecule has 1 aromatic rings. The number of aliphatic hydroxyl groups is 2. The van der Waals surface area contributed by atoms with E-state index < -0.39 is 24.1 Å². The van der Waals surface area contributed by atoms with E-state index in [2.05, 4.69) is 0 Å². The number of carboxylic acids is 1. The third-order valence-electron chi connectivity index (χ3n) is 2.51. The molecule has 1 aromatic carbocycles. The average Bonchev–Trinajstić information content (AvgIpc) is 2.34. The van der Waals surface area contributed by atoms with E-state index in [1.807, 2.05) is 0 Å². The van der Waals surface area contributed by atoms with Crippen LogP contribution in [0.2, 0.25) is 0 Å². The molecule has 0 aliphatic rings. The molecule has 0 aliphatic carbocycles. The standard InChI is InChI=1S/C12H15NO5/c13-12(18)11(17)10(16)8-3-1-2-7(6-8)4-5-9(14)15/h1-3,6,10-11,16-17H,4-5H2,(H2,13,18)(H,14,15). The lowest BCUT2D eigenvalue weighted by Crippen LogP contribution is -2.33. The molecule has 0 saturated heterocycles. The van der Waals surface area contributed by atoms with Crippen molar-refractivity contribution in [2.75, 3.05) is 0 Å². The van der Waals surface area contributed by atoms with Crippen LogP contribution in [0.1, 0.15) is 23.7 Å². The Balaban J connectivity index is 2.81. The number of aliphatic carboxylic acids is 1. The number of carboxylic acid groups (broad SMARTS) is 1. The monoisotopic (exact) mass is 253 g/mol. The van der Waals surface area contributed by atoms with E-state index in [1.165, 1.54) is 6.07 Å². The molecule has 98 valence electrons. The summed E-state index contributed by atoms with van der Waals surface area (Å²) in [4.78, 5) is 21.2. The Hall–Kier alpha value is -1.92. The summed E-state index contributed by atoms with van der Waals surface area (Å²) in [5.41, 5.74) is 5.91. The highest BCUT2D eigenvalue weighted by atomic mass is 16.4. The molecule has 0 aliphatic heterocycles. The normalized spacial score (nSPS) is 13.9. The molecule has 1 rings (SSSR count). The number of carbonyl (C=O) groups excluding carboxylic acids is 1. The predicted octanol–water partition coefficient (Wildman–Crippen LogP) is -0.417. The summed E-state index contributed by atoms with van der Waals surface area (Å²) in [6.07, 6.45) is -2.81. The summed E-state index contributed by atoms with van der Waals surface area (Å²) in [7, 11) is 0. The van der Waals surface area contributed by atoms with E-state index in [-0.39, 0.29) is 6.42 Å². The summed E-state index contributed by atoms with van der Waals surface area (Å²) < 4.78 is 0. The molecule has 0 spiro atoms. The number of aryl methyl sites for hydroxylation is 1. The Morgan fingerprint density at radius 3 is 2.50 bits per heavy atom. The van der Waals surface area contributed by atoms with Crippen molar-refractivity contribution in [3.63, 3.8) is 0 Å². The summed E-state index contributed by atoms with van der Waals surface area (Å²) in [5, 5.41) is 27.6. The first-order valence-corrected chi connectivity index (χ1v) is 5.38. The van der Waals surface area contributed by atoms with Crippen LogP contribution < -0.4 is 5.73 Å². The Labute approximate surface area is 104 Å². The van der Waals surface area contributed by atoms with Gasteiger partial charge in [-0.2, -0.15) is 0 Å². The van der Waals surface area contributed by atoms with Gasteiger partial charge >= 0.3 is 5.97 Å². The van der Waals surface area contributed by atoms with Gasteiger partial charge < -0.3 is 21.1 Å². The number of carbonyl (C=O) groups is 2. The lowest BCUT2D eigenvalue weighted by molar-refractivity contribution is -0.137. The van der Waals surface area contributed by atoms with Crippen LogP contribution in [-0.4, -0.2) is 33.3 Å². The molecular weight excluding hydrogens is 238 g/mol. The Morgan fingerprint density at radius 1 is 1.28 bits per heavy atom. The van der Waals surface area contributed by atoms with Gasteiger partial charge in [-0.15, -0.1) is 0 Å². The smallest absolute Gasteiger partial charge is 0.303 e.